The van der Waals surface area contributed by atoms with Crippen molar-refractivity contribution in [1.82, 2.24) is 4.31 Å². The SMILES string of the molecule is CCOc1ccc(S(=O)(=O)N(CC)CC)cc1NC(=O)C1CC(=O)N(c2ccccc2F)C1. The Labute approximate surface area is 193 Å². The molecular formula is C23H28FN3O5S. The van der Waals surface area contributed by atoms with E-state index in [9.17, 15) is 22.4 Å². The number of hydrogen-bond donors (Lipinski definition) is 1. The highest BCUT2D eigenvalue weighted by molar-refractivity contribution is 7.89. The van der Waals surface area contributed by atoms with Crippen molar-refractivity contribution in [2.24, 2.45) is 5.92 Å². The number of carbonyl (C=O) groups is 2. The summed E-state index contributed by atoms with van der Waals surface area (Å²) in [6.07, 6.45) is -0.0818. The molecule has 0 radical (unpaired) electrons. The molecule has 0 aliphatic carbocycles. The molecule has 1 unspecified atom stereocenters. The number of nitrogens with zero attached hydrogens (tertiary/aromatic N) is 2. The van der Waals surface area contributed by atoms with Crippen LogP contribution >= 0.6 is 0 Å². The van der Waals surface area contributed by atoms with E-state index >= 15 is 0 Å². The zero-order chi connectivity index (χ0) is 24.2. The Kier molecular flexibility index (Phi) is 7.70. The maximum Gasteiger partial charge on any atom is 0.243 e. The third-order valence-electron chi connectivity index (χ3n) is 5.49. The van der Waals surface area contributed by atoms with Crippen LogP contribution in [0.1, 0.15) is 27.2 Å². The van der Waals surface area contributed by atoms with Gasteiger partial charge in [-0.25, -0.2) is 12.8 Å². The Morgan fingerprint density at radius 3 is 2.52 bits per heavy atom. The molecular weight excluding hydrogens is 449 g/mol. The first-order valence-corrected chi connectivity index (χ1v) is 12.3. The van der Waals surface area contributed by atoms with Gasteiger partial charge < -0.3 is 15.0 Å². The molecule has 178 valence electrons. The van der Waals surface area contributed by atoms with Gasteiger partial charge in [0.15, 0.2) is 0 Å². The summed E-state index contributed by atoms with van der Waals surface area (Å²) in [4.78, 5) is 26.7. The number of amides is 2. The minimum atomic E-state index is -3.75. The van der Waals surface area contributed by atoms with E-state index in [2.05, 4.69) is 5.32 Å². The van der Waals surface area contributed by atoms with Crippen LogP contribution in [0.15, 0.2) is 47.4 Å². The standard InChI is InChI=1S/C23H28FN3O5S/c1-4-26(5-2)33(30,31)17-11-12-21(32-6-3)19(14-17)25-23(29)16-13-22(28)27(15-16)20-10-8-7-9-18(20)24/h7-12,14,16H,4-6,13,15H2,1-3H3,(H,25,29). The number of para-hydroxylation sites is 1. The minimum Gasteiger partial charge on any atom is -0.492 e. The van der Waals surface area contributed by atoms with Crippen LogP contribution in [0.5, 0.6) is 5.75 Å². The second kappa shape index (κ2) is 10.3. The molecule has 1 aliphatic rings. The van der Waals surface area contributed by atoms with Crippen LogP contribution in [0.25, 0.3) is 0 Å². The zero-order valence-corrected chi connectivity index (χ0v) is 19.7. The highest BCUT2D eigenvalue weighted by atomic mass is 32.2. The fourth-order valence-electron chi connectivity index (χ4n) is 3.78. The molecule has 3 rings (SSSR count). The summed E-state index contributed by atoms with van der Waals surface area (Å²) in [7, 11) is -3.75. The second-order valence-electron chi connectivity index (χ2n) is 7.53. The Balaban J connectivity index is 1.85. The predicted octanol–water partition coefficient (Wildman–Crippen LogP) is 3.25. The molecule has 1 heterocycles. The molecule has 1 atom stereocenters. The quantitative estimate of drug-likeness (QED) is 0.598. The topological polar surface area (TPSA) is 96.0 Å². The van der Waals surface area contributed by atoms with E-state index < -0.39 is 27.7 Å². The number of rotatable bonds is 9. The average Bonchev–Trinajstić information content (AvgIpc) is 3.17. The molecule has 2 aromatic carbocycles. The number of sulfonamides is 1. The van der Waals surface area contributed by atoms with E-state index in [1.54, 1.807) is 26.8 Å². The maximum absolute atomic E-state index is 14.1. The summed E-state index contributed by atoms with van der Waals surface area (Å²) in [6, 6.07) is 10.2. The number of hydrogen-bond acceptors (Lipinski definition) is 5. The third-order valence-corrected chi connectivity index (χ3v) is 7.54. The van der Waals surface area contributed by atoms with E-state index in [1.807, 2.05) is 0 Å². The number of carbonyl (C=O) groups excluding carboxylic acids is 2. The summed E-state index contributed by atoms with van der Waals surface area (Å²) < 4.78 is 46.8. The van der Waals surface area contributed by atoms with Gasteiger partial charge in [0.05, 0.1) is 28.8 Å². The van der Waals surface area contributed by atoms with Gasteiger partial charge in [0.1, 0.15) is 11.6 Å². The third kappa shape index (κ3) is 5.17. The molecule has 0 spiro atoms. The summed E-state index contributed by atoms with van der Waals surface area (Å²) in [6.45, 7) is 6.22. The van der Waals surface area contributed by atoms with Crippen molar-refractivity contribution in [3.05, 3.63) is 48.3 Å². The van der Waals surface area contributed by atoms with Crippen molar-refractivity contribution in [2.45, 2.75) is 32.1 Å². The van der Waals surface area contributed by atoms with Gasteiger partial charge in [0, 0.05) is 26.1 Å². The fraction of sp³-hybridized carbons (Fsp3) is 0.391. The number of anilines is 2. The van der Waals surface area contributed by atoms with Crippen molar-refractivity contribution in [3.63, 3.8) is 0 Å². The molecule has 1 N–H and O–H groups in total. The summed E-state index contributed by atoms with van der Waals surface area (Å²) in [5.41, 5.74) is 0.326. The average molecular weight is 478 g/mol. The number of nitrogens with one attached hydrogen (secondary N) is 1. The van der Waals surface area contributed by atoms with Crippen LogP contribution in [0.3, 0.4) is 0 Å². The van der Waals surface area contributed by atoms with Gasteiger partial charge in [-0.05, 0) is 37.3 Å². The molecule has 2 aromatic rings. The van der Waals surface area contributed by atoms with E-state index in [0.29, 0.717) is 25.4 Å². The smallest absolute Gasteiger partial charge is 0.243 e. The highest BCUT2D eigenvalue weighted by Gasteiger charge is 2.36. The monoisotopic (exact) mass is 477 g/mol. The molecule has 8 nitrogen and oxygen atoms in total. The lowest BCUT2D eigenvalue weighted by molar-refractivity contribution is -0.122. The van der Waals surface area contributed by atoms with Crippen LogP contribution in [-0.4, -0.2) is 50.8 Å². The van der Waals surface area contributed by atoms with Crippen molar-refractivity contribution in [2.75, 3.05) is 36.5 Å². The van der Waals surface area contributed by atoms with Crippen LogP contribution in [-0.2, 0) is 19.6 Å². The van der Waals surface area contributed by atoms with Crippen molar-refractivity contribution >= 4 is 33.2 Å². The van der Waals surface area contributed by atoms with E-state index in [1.165, 1.54) is 45.6 Å². The van der Waals surface area contributed by atoms with Gasteiger partial charge in [0.25, 0.3) is 0 Å². The van der Waals surface area contributed by atoms with Crippen molar-refractivity contribution < 1.29 is 27.1 Å². The number of benzene rings is 2. The molecule has 33 heavy (non-hydrogen) atoms. The van der Waals surface area contributed by atoms with Gasteiger partial charge in [-0.2, -0.15) is 4.31 Å². The second-order valence-corrected chi connectivity index (χ2v) is 9.46. The van der Waals surface area contributed by atoms with Gasteiger partial charge in [-0.15, -0.1) is 0 Å². The predicted molar refractivity (Wildman–Crippen MR) is 123 cm³/mol. The molecule has 10 heteroatoms. The lowest BCUT2D eigenvalue weighted by Crippen LogP contribution is -2.31. The Hall–Kier alpha value is -2.98. The van der Waals surface area contributed by atoms with Gasteiger partial charge in [-0.3, -0.25) is 9.59 Å². The largest absolute Gasteiger partial charge is 0.492 e. The Morgan fingerprint density at radius 2 is 1.88 bits per heavy atom. The van der Waals surface area contributed by atoms with Crippen molar-refractivity contribution in [3.8, 4) is 5.75 Å². The first-order chi connectivity index (χ1) is 15.7. The van der Waals surface area contributed by atoms with E-state index in [4.69, 9.17) is 4.74 Å². The van der Waals surface area contributed by atoms with Crippen LogP contribution in [0.2, 0.25) is 0 Å². The van der Waals surface area contributed by atoms with Crippen LogP contribution in [0.4, 0.5) is 15.8 Å². The maximum atomic E-state index is 14.1. The lowest BCUT2D eigenvalue weighted by Gasteiger charge is -2.20. The molecule has 0 aromatic heterocycles. The van der Waals surface area contributed by atoms with E-state index in [-0.39, 0.29) is 35.1 Å². The molecule has 1 saturated heterocycles. The zero-order valence-electron chi connectivity index (χ0n) is 18.9. The minimum absolute atomic E-state index is 0.0208. The Morgan fingerprint density at radius 1 is 1.18 bits per heavy atom. The first kappa shape index (κ1) is 24.7. The molecule has 0 saturated carbocycles. The summed E-state index contributed by atoms with van der Waals surface area (Å²) in [5, 5.41) is 2.71. The molecule has 1 fully saturated rings. The van der Waals surface area contributed by atoms with Crippen LogP contribution in [0, 0.1) is 11.7 Å². The lowest BCUT2D eigenvalue weighted by atomic mass is 10.1. The Bertz CT molecular complexity index is 1130. The first-order valence-electron chi connectivity index (χ1n) is 10.9. The van der Waals surface area contributed by atoms with Crippen molar-refractivity contribution in [1.29, 1.82) is 0 Å². The number of halogens is 1. The van der Waals surface area contributed by atoms with Crippen LogP contribution < -0.4 is 15.0 Å². The fourth-order valence-corrected chi connectivity index (χ4v) is 5.27. The summed E-state index contributed by atoms with van der Waals surface area (Å²) >= 11 is 0. The molecule has 1 aliphatic heterocycles. The number of ether oxygens (including phenoxy) is 1. The molecule has 2 amide bonds. The van der Waals surface area contributed by atoms with Gasteiger partial charge >= 0.3 is 0 Å². The highest BCUT2D eigenvalue weighted by Crippen LogP contribution is 2.32. The normalized spacial score (nSPS) is 16.3. The van der Waals surface area contributed by atoms with Gasteiger partial charge in [-0.1, -0.05) is 26.0 Å². The van der Waals surface area contributed by atoms with E-state index in [0.717, 1.165) is 0 Å². The van der Waals surface area contributed by atoms with Gasteiger partial charge in [0.2, 0.25) is 21.8 Å². The molecule has 0 bridgehead atoms. The summed E-state index contributed by atoms with van der Waals surface area (Å²) in [5.74, 6) is -1.78.